The Morgan fingerprint density at radius 1 is 1.38 bits per heavy atom. The van der Waals surface area contributed by atoms with Gasteiger partial charge in [0.15, 0.2) is 0 Å². The third-order valence-electron chi connectivity index (χ3n) is 1.45. The van der Waals surface area contributed by atoms with Crippen molar-refractivity contribution in [3.63, 3.8) is 0 Å². The first-order valence-electron chi connectivity index (χ1n) is 3.94. The van der Waals surface area contributed by atoms with Gasteiger partial charge in [-0.2, -0.15) is 0 Å². The summed E-state index contributed by atoms with van der Waals surface area (Å²) in [6.07, 6.45) is 1.59. The van der Waals surface area contributed by atoms with Crippen LogP contribution in [0.15, 0.2) is 23.2 Å². The molecular weight excluding hydrogens is 207 g/mol. The highest BCUT2D eigenvalue weighted by Gasteiger charge is 2.01. The highest BCUT2D eigenvalue weighted by atomic mass is 35.5. The summed E-state index contributed by atoms with van der Waals surface area (Å²) in [6.45, 7) is 2.68. The average molecular weight is 217 g/mol. The van der Waals surface area contributed by atoms with Gasteiger partial charge < -0.3 is 5.32 Å². The van der Waals surface area contributed by atoms with Gasteiger partial charge in [-0.15, -0.1) is 0 Å². The largest absolute Gasteiger partial charge is 0.344 e. The molecule has 1 aromatic carbocycles. The molecule has 0 aliphatic carbocycles. The van der Waals surface area contributed by atoms with Crippen LogP contribution in [0.1, 0.15) is 6.92 Å². The molecule has 1 N–H and O–H groups in total. The maximum atomic E-state index is 5.90. The normalized spacial score (nSPS) is 10.7. The molecule has 0 fully saturated rings. The summed E-state index contributed by atoms with van der Waals surface area (Å²) in [4.78, 5) is 4.00. The Bertz CT molecular complexity index is 290. The van der Waals surface area contributed by atoms with Crippen LogP contribution >= 0.6 is 23.2 Å². The molecule has 70 valence electrons. The topological polar surface area (TPSA) is 24.4 Å². The fourth-order valence-electron chi connectivity index (χ4n) is 0.837. The monoisotopic (exact) mass is 216 g/mol. The number of benzene rings is 1. The second-order valence-corrected chi connectivity index (χ2v) is 3.18. The molecule has 0 radical (unpaired) electrons. The van der Waals surface area contributed by atoms with Crippen LogP contribution in [0, 0.1) is 0 Å². The van der Waals surface area contributed by atoms with E-state index in [0.717, 1.165) is 6.54 Å². The summed E-state index contributed by atoms with van der Waals surface area (Å²) in [6, 6.07) is 5.35. The van der Waals surface area contributed by atoms with Crippen molar-refractivity contribution in [3.8, 4) is 0 Å². The van der Waals surface area contributed by atoms with Gasteiger partial charge >= 0.3 is 0 Å². The predicted octanol–water partition coefficient (Wildman–Crippen LogP) is 3.45. The van der Waals surface area contributed by atoms with Crippen molar-refractivity contribution in [2.75, 3.05) is 11.9 Å². The molecule has 0 unspecified atom stereocenters. The molecule has 0 aliphatic heterocycles. The molecule has 13 heavy (non-hydrogen) atoms. The van der Waals surface area contributed by atoms with Crippen LogP contribution in [0.4, 0.5) is 5.69 Å². The van der Waals surface area contributed by atoms with Gasteiger partial charge in [0.05, 0.1) is 22.1 Å². The molecule has 0 aromatic heterocycles. The lowest BCUT2D eigenvalue weighted by Crippen LogP contribution is -1.96. The van der Waals surface area contributed by atoms with E-state index < -0.39 is 0 Å². The first kappa shape index (κ1) is 10.4. The zero-order valence-corrected chi connectivity index (χ0v) is 8.73. The minimum Gasteiger partial charge on any atom is -0.344 e. The van der Waals surface area contributed by atoms with E-state index in [-0.39, 0.29) is 0 Å². The average Bonchev–Trinajstić information content (AvgIpc) is 2.10. The fraction of sp³-hybridized carbons (Fsp3) is 0.222. The van der Waals surface area contributed by atoms with Gasteiger partial charge in [0.1, 0.15) is 0 Å². The minimum atomic E-state index is 0.593. The van der Waals surface area contributed by atoms with Crippen molar-refractivity contribution >= 4 is 35.2 Å². The molecule has 1 aromatic rings. The molecule has 0 amide bonds. The Kier molecular flexibility index (Phi) is 4.06. The van der Waals surface area contributed by atoms with Crippen LogP contribution in [0.3, 0.4) is 0 Å². The molecule has 4 heteroatoms. The van der Waals surface area contributed by atoms with Gasteiger partial charge in [-0.1, -0.05) is 29.3 Å². The zero-order valence-electron chi connectivity index (χ0n) is 7.22. The first-order chi connectivity index (χ1) is 6.25. The Balaban J connectivity index is 2.81. The molecule has 0 bridgehead atoms. The number of rotatable bonds is 3. The van der Waals surface area contributed by atoms with Crippen molar-refractivity contribution < 1.29 is 0 Å². The molecule has 1 rings (SSSR count). The Labute approximate surface area is 87.6 Å². The maximum Gasteiger partial charge on any atom is 0.0868 e. The number of nitrogens with one attached hydrogen (secondary N) is 1. The lowest BCUT2D eigenvalue weighted by atomic mass is 10.3. The molecule has 0 saturated heterocycles. The molecular formula is C9H10Cl2N2. The van der Waals surface area contributed by atoms with E-state index in [1.807, 2.05) is 6.92 Å². The highest BCUT2D eigenvalue weighted by Crippen LogP contribution is 2.28. The SMILES string of the molecule is CCN=CNc1c(Cl)cccc1Cl. The number of halogens is 2. The van der Waals surface area contributed by atoms with Crippen LogP contribution < -0.4 is 5.32 Å². The fourth-order valence-corrected chi connectivity index (χ4v) is 1.34. The number of hydrogen-bond acceptors (Lipinski definition) is 1. The summed E-state index contributed by atoms with van der Waals surface area (Å²) in [5.74, 6) is 0. The minimum absolute atomic E-state index is 0.593. The Hall–Kier alpha value is -0.730. The predicted molar refractivity (Wildman–Crippen MR) is 59.1 cm³/mol. The van der Waals surface area contributed by atoms with E-state index in [0.29, 0.717) is 15.7 Å². The van der Waals surface area contributed by atoms with Gasteiger partial charge in [0.25, 0.3) is 0 Å². The number of nitrogens with zero attached hydrogens (tertiary/aromatic N) is 1. The molecule has 0 saturated carbocycles. The van der Waals surface area contributed by atoms with Gasteiger partial charge in [-0.05, 0) is 19.1 Å². The third kappa shape index (κ3) is 2.90. The molecule has 0 spiro atoms. The summed E-state index contributed by atoms with van der Waals surface area (Å²) >= 11 is 11.8. The Morgan fingerprint density at radius 2 is 2.00 bits per heavy atom. The molecule has 0 aliphatic rings. The second-order valence-electron chi connectivity index (χ2n) is 2.37. The number of hydrogen-bond donors (Lipinski definition) is 1. The first-order valence-corrected chi connectivity index (χ1v) is 4.70. The van der Waals surface area contributed by atoms with Gasteiger partial charge in [0.2, 0.25) is 0 Å². The third-order valence-corrected chi connectivity index (χ3v) is 2.08. The van der Waals surface area contributed by atoms with Gasteiger partial charge in [-0.3, -0.25) is 4.99 Å². The van der Waals surface area contributed by atoms with E-state index in [1.165, 1.54) is 0 Å². The van der Waals surface area contributed by atoms with Crippen LogP contribution in [0.25, 0.3) is 0 Å². The van der Waals surface area contributed by atoms with E-state index in [9.17, 15) is 0 Å². The van der Waals surface area contributed by atoms with Crippen molar-refractivity contribution in [1.82, 2.24) is 0 Å². The quantitative estimate of drug-likeness (QED) is 0.608. The van der Waals surface area contributed by atoms with Crippen molar-refractivity contribution in [2.45, 2.75) is 6.92 Å². The van der Waals surface area contributed by atoms with Crippen LogP contribution in [0.2, 0.25) is 10.0 Å². The standard InChI is InChI=1S/C9H10Cl2N2/c1-2-12-6-13-9-7(10)4-3-5-8(9)11/h3-6H,2H2,1H3,(H,12,13). The van der Waals surface area contributed by atoms with Crippen molar-refractivity contribution in [2.24, 2.45) is 4.99 Å². The summed E-state index contributed by atoms with van der Waals surface area (Å²) in [7, 11) is 0. The second kappa shape index (κ2) is 5.10. The lowest BCUT2D eigenvalue weighted by molar-refractivity contribution is 1.14. The smallest absolute Gasteiger partial charge is 0.0868 e. The summed E-state index contributed by atoms with van der Waals surface area (Å²) < 4.78 is 0. The molecule has 0 atom stereocenters. The van der Waals surface area contributed by atoms with E-state index >= 15 is 0 Å². The molecule has 2 nitrogen and oxygen atoms in total. The van der Waals surface area contributed by atoms with Crippen molar-refractivity contribution in [1.29, 1.82) is 0 Å². The Morgan fingerprint density at radius 3 is 2.54 bits per heavy atom. The number of para-hydroxylation sites is 1. The number of anilines is 1. The maximum absolute atomic E-state index is 5.90. The van der Waals surface area contributed by atoms with Gasteiger partial charge in [0, 0.05) is 6.54 Å². The summed E-state index contributed by atoms with van der Waals surface area (Å²) in [5, 5.41) is 4.11. The summed E-state index contributed by atoms with van der Waals surface area (Å²) in [5.41, 5.74) is 0.697. The van der Waals surface area contributed by atoms with Crippen LogP contribution in [-0.2, 0) is 0 Å². The van der Waals surface area contributed by atoms with E-state index in [4.69, 9.17) is 23.2 Å². The highest BCUT2D eigenvalue weighted by molar-refractivity contribution is 6.39. The van der Waals surface area contributed by atoms with Crippen molar-refractivity contribution in [3.05, 3.63) is 28.2 Å². The van der Waals surface area contributed by atoms with E-state index in [1.54, 1.807) is 24.5 Å². The zero-order chi connectivity index (χ0) is 9.68. The van der Waals surface area contributed by atoms with Crippen LogP contribution in [-0.4, -0.2) is 12.9 Å². The molecule has 0 heterocycles. The van der Waals surface area contributed by atoms with Gasteiger partial charge in [-0.25, -0.2) is 0 Å². The van der Waals surface area contributed by atoms with E-state index in [2.05, 4.69) is 10.3 Å². The van der Waals surface area contributed by atoms with Crippen LogP contribution in [0.5, 0.6) is 0 Å². The number of aliphatic imine (C=N–C) groups is 1. The lowest BCUT2D eigenvalue weighted by Gasteiger charge is -2.04.